The monoisotopic (exact) mass is 339 g/mol. The van der Waals surface area contributed by atoms with Crippen LogP contribution in [0.3, 0.4) is 0 Å². The fourth-order valence-corrected chi connectivity index (χ4v) is 2.74. The SMILES string of the molecule is CCNC(=O)N[C@H]1CN([C@H](C)c2nc(C(C)(C)C)no2)C[C@@H]1OC. The predicted molar refractivity (Wildman–Crippen MR) is 89.8 cm³/mol. The Morgan fingerprint density at radius 3 is 2.71 bits per heavy atom. The van der Waals surface area contributed by atoms with Crippen LogP contribution in [-0.4, -0.2) is 60.0 Å². The highest BCUT2D eigenvalue weighted by Gasteiger charge is 2.38. The molecule has 1 aliphatic rings. The van der Waals surface area contributed by atoms with Crippen molar-refractivity contribution in [3.8, 4) is 0 Å². The van der Waals surface area contributed by atoms with Gasteiger partial charge in [0.05, 0.1) is 18.2 Å². The highest BCUT2D eigenvalue weighted by molar-refractivity contribution is 5.74. The summed E-state index contributed by atoms with van der Waals surface area (Å²) < 4.78 is 11.0. The fraction of sp³-hybridized carbons (Fsp3) is 0.812. The first-order valence-electron chi connectivity index (χ1n) is 8.41. The van der Waals surface area contributed by atoms with Gasteiger partial charge in [-0.05, 0) is 13.8 Å². The number of amides is 2. The minimum atomic E-state index is -0.174. The van der Waals surface area contributed by atoms with Gasteiger partial charge in [0.1, 0.15) is 0 Å². The van der Waals surface area contributed by atoms with Gasteiger partial charge in [0.25, 0.3) is 0 Å². The number of methoxy groups -OCH3 is 1. The summed E-state index contributed by atoms with van der Waals surface area (Å²) in [6.07, 6.45) is -0.0694. The molecule has 8 heteroatoms. The van der Waals surface area contributed by atoms with E-state index in [1.54, 1.807) is 7.11 Å². The van der Waals surface area contributed by atoms with Crippen LogP contribution in [0.1, 0.15) is 52.4 Å². The molecule has 0 aromatic carbocycles. The molecule has 0 radical (unpaired) electrons. The Labute approximate surface area is 143 Å². The average molecular weight is 339 g/mol. The third-order valence-corrected chi connectivity index (χ3v) is 4.27. The number of hydrogen-bond donors (Lipinski definition) is 2. The zero-order valence-electron chi connectivity index (χ0n) is 15.4. The van der Waals surface area contributed by atoms with Crippen LogP contribution in [0, 0.1) is 0 Å². The molecule has 1 saturated heterocycles. The van der Waals surface area contributed by atoms with Gasteiger partial charge in [-0.25, -0.2) is 4.79 Å². The highest BCUT2D eigenvalue weighted by atomic mass is 16.5. The summed E-state index contributed by atoms with van der Waals surface area (Å²) in [6, 6.07) is -0.284. The van der Waals surface area contributed by atoms with Gasteiger partial charge in [-0.2, -0.15) is 4.98 Å². The second kappa shape index (κ2) is 7.48. The van der Waals surface area contributed by atoms with Crippen LogP contribution < -0.4 is 10.6 Å². The lowest BCUT2D eigenvalue weighted by Crippen LogP contribution is -2.48. The summed E-state index contributed by atoms with van der Waals surface area (Å²) in [5, 5.41) is 9.80. The van der Waals surface area contributed by atoms with E-state index in [1.807, 2.05) is 13.8 Å². The van der Waals surface area contributed by atoms with E-state index in [0.717, 1.165) is 0 Å². The van der Waals surface area contributed by atoms with Crippen molar-refractivity contribution in [1.82, 2.24) is 25.7 Å². The number of carbonyl (C=O) groups is 1. The van der Waals surface area contributed by atoms with Crippen LogP contribution in [0.5, 0.6) is 0 Å². The Hall–Kier alpha value is -1.67. The molecule has 8 nitrogen and oxygen atoms in total. The van der Waals surface area contributed by atoms with E-state index in [9.17, 15) is 4.79 Å². The standard InChI is InChI=1S/C16H29N5O3/c1-7-17-15(22)18-11-8-21(9-12(11)23-6)10(2)13-19-14(20-24-13)16(3,4)5/h10-12H,7-9H2,1-6H3,(H2,17,18,22)/t10-,11+,12+/m1/s1. The molecule has 0 bridgehead atoms. The van der Waals surface area contributed by atoms with E-state index in [2.05, 4.69) is 46.4 Å². The third-order valence-electron chi connectivity index (χ3n) is 4.27. The summed E-state index contributed by atoms with van der Waals surface area (Å²) in [5.41, 5.74) is -0.149. The first-order chi connectivity index (χ1) is 11.3. The number of ether oxygens (including phenoxy) is 1. The number of nitrogens with one attached hydrogen (secondary N) is 2. The zero-order chi connectivity index (χ0) is 17.9. The van der Waals surface area contributed by atoms with Gasteiger partial charge in [-0.1, -0.05) is 25.9 Å². The normalized spacial score (nSPS) is 23.2. The lowest BCUT2D eigenvalue weighted by atomic mass is 9.96. The van der Waals surface area contributed by atoms with Gasteiger partial charge >= 0.3 is 6.03 Å². The molecule has 136 valence electrons. The molecule has 2 N–H and O–H groups in total. The van der Waals surface area contributed by atoms with Crippen LogP contribution in [0.4, 0.5) is 4.79 Å². The Balaban J connectivity index is 2.04. The Morgan fingerprint density at radius 2 is 2.17 bits per heavy atom. The minimum Gasteiger partial charge on any atom is -0.378 e. The molecule has 0 aliphatic carbocycles. The predicted octanol–water partition coefficient (Wildman–Crippen LogP) is 1.45. The van der Waals surface area contributed by atoms with Gasteiger partial charge in [-0.15, -0.1) is 0 Å². The molecule has 0 unspecified atom stereocenters. The molecule has 1 aromatic heterocycles. The summed E-state index contributed by atoms with van der Waals surface area (Å²) in [7, 11) is 1.66. The molecule has 24 heavy (non-hydrogen) atoms. The van der Waals surface area contributed by atoms with Crippen molar-refractivity contribution in [2.45, 2.75) is 58.2 Å². The van der Waals surface area contributed by atoms with Gasteiger partial charge in [0, 0.05) is 32.2 Å². The van der Waals surface area contributed by atoms with E-state index in [1.165, 1.54) is 0 Å². The fourth-order valence-electron chi connectivity index (χ4n) is 2.74. The van der Waals surface area contributed by atoms with Gasteiger partial charge in [0.15, 0.2) is 5.82 Å². The van der Waals surface area contributed by atoms with Crippen molar-refractivity contribution in [2.24, 2.45) is 0 Å². The molecule has 3 atom stereocenters. The lowest BCUT2D eigenvalue weighted by Gasteiger charge is -2.20. The molecule has 0 spiro atoms. The molecule has 1 aromatic rings. The second-order valence-electron chi connectivity index (χ2n) is 7.22. The van der Waals surface area contributed by atoms with E-state index in [0.29, 0.717) is 31.3 Å². The van der Waals surface area contributed by atoms with Crippen LogP contribution in [0.15, 0.2) is 4.52 Å². The van der Waals surface area contributed by atoms with Crippen LogP contribution >= 0.6 is 0 Å². The van der Waals surface area contributed by atoms with Crippen LogP contribution in [0.25, 0.3) is 0 Å². The number of urea groups is 1. The molecule has 2 amide bonds. The van der Waals surface area contributed by atoms with E-state index >= 15 is 0 Å². The van der Waals surface area contributed by atoms with E-state index < -0.39 is 0 Å². The highest BCUT2D eigenvalue weighted by Crippen LogP contribution is 2.27. The summed E-state index contributed by atoms with van der Waals surface area (Å²) >= 11 is 0. The first-order valence-corrected chi connectivity index (χ1v) is 8.41. The Kier molecular flexibility index (Phi) is 5.82. The van der Waals surface area contributed by atoms with Crippen molar-refractivity contribution in [3.05, 3.63) is 11.7 Å². The summed E-state index contributed by atoms with van der Waals surface area (Å²) in [4.78, 5) is 18.5. The Bertz CT molecular complexity index is 554. The summed E-state index contributed by atoms with van der Waals surface area (Å²) in [5.74, 6) is 1.29. The first kappa shape index (κ1) is 18.7. The number of aromatic nitrogens is 2. The second-order valence-corrected chi connectivity index (χ2v) is 7.22. The van der Waals surface area contributed by atoms with Crippen molar-refractivity contribution < 1.29 is 14.1 Å². The van der Waals surface area contributed by atoms with Crippen molar-refractivity contribution in [3.63, 3.8) is 0 Å². The molecule has 2 rings (SSSR count). The topological polar surface area (TPSA) is 92.5 Å². The quantitative estimate of drug-likeness (QED) is 0.843. The van der Waals surface area contributed by atoms with Gasteiger partial charge in [-0.3, -0.25) is 4.90 Å². The van der Waals surface area contributed by atoms with Crippen LogP contribution in [0.2, 0.25) is 0 Å². The lowest BCUT2D eigenvalue weighted by molar-refractivity contribution is 0.0861. The maximum absolute atomic E-state index is 11.8. The minimum absolute atomic E-state index is 0.0349. The molecular formula is C16H29N5O3. The van der Waals surface area contributed by atoms with Gasteiger partial charge in [0.2, 0.25) is 5.89 Å². The van der Waals surface area contributed by atoms with Crippen molar-refractivity contribution in [2.75, 3.05) is 26.7 Å². The van der Waals surface area contributed by atoms with E-state index in [4.69, 9.17) is 9.26 Å². The molecular weight excluding hydrogens is 310 g/mol. The average Bonchev–Trinajstić information content (AvgIpc) is 3.13. The molecule has 1 fully saturated rings. The summed E-state index contributed by atoms with van der Waals surface area (Å²) in [6.45, 7) is 12.0. The maximum Gasteiger partial charge on any atom is 0.315 e. The number of nitrogens with zero attached hydrogens (tertiary/aromatic N) is 3. The van der Waals surface area contributed by atoms with Crippen LogP contribution in [-0.2, 0) is 10.2 Å². The molecule has 0 saturated carbocycles. The maximum atomic E-state index is 11.8. The third kappa shape index (κ3) is 4.24. The largest absolute Gasteiger partial charge is 0.378 e. The number of likely N-dealkylation sites (tertiary alicyclic amines) is 1. The molecule has 2 heterocycles. The van der Waals surface area contributed by atoms with Crippen molar-refractivity contribution >= 4 is 6.03 Å². The van der Waals surface area contributed by atoms with Crippen molar-refractivity contribution in [1.29, 1.82) is 0 Å². The van der Waals surface area contributed by atoms with Gasteiger partial charge < -0.3 is 19.9 Å². The zero-order valence-corrected chi connectivity index (χ0v) is 15.4. The smallest absolute Gasteiger partial charge is 0.315 e. The van der Waals surface area contributed by atoms with E-state index in [-0.39, 0.29) is 29.6 Å². The number of carbonyl (C=O) groups excluding carboxylic acids is 1. The number of hydrogen-bond acceptors (Lipinski definition) is 6. The number of rotatable bonds is 5. The molecule has 1 aliphatic heterocycles. The Morgan fingerprint density at radius 1 is 1.46 bits per heavy atom.